The molecule has 0 aliphatic carbocycles. The van der Waals surface area contributed by atoms with Gasteiger partial charge in [-0.1, -0.05) is 23.9 Å². The molecule has 16 heavy (non-hydrogen) atoms. The zero-order chi connectivity index (χ0) is 11.5. The number of nitrogens with one attached hydrogen (secondary N) is 2. The zero-order valence-corrected chi connectivity index (χ0v) is 9.64. The van der Waals surface area contributed by atoms with Gasteiger partial charge in [0.25, 0.3) is 0 Å². The SMILES string of the molecule is CC(=O)CC(=O)NC1Nc2ccccc2S1. The van der Waals surface area contributed by atoms with Gasteiger partial charge in [0, 0.05) is 4.90 Å². The van der Waals surface area contributed by atoms with Gasteiger partial charge in [-0.15, -0.1) is 0 Å². The number of anilines is 1. The normalized spacial score (nSPS) is 17.4. The molecule has 1 heterocycles. The number of thioether (sulfide) groups is 1. The fraction of sp³-hybridized carbons (Fsp3) is 0.273. The molecule has 0 bridgehead atoms. The van der Waals surface area contributed by atoms with Crippen LogP contribution in [-0.2, 0) is 9.59 Å². The van der Waals surface area contributed by atoms with Crippen LogP contribution in [-0.4, -0.2) is 17.2 Å². The first-order chi connectivity index (χ1) is 7.65. The number of amides is 1. The van der Waals surface area contributed by atoms with Crippen LogP contribution in [0, 0.1) is 0 Å². The fourth-order valence-electron chi connectivity index (χ4n) is 1.48. The van der Waals surface area contributed by atoms with Gasteiger partial charge >= 0.3 is 0 Å². The molecule has 0 saturated carbocycles. The molecule has 2 rings (SSSR count). The van der Waals surface area contributed by atoms with Crippen molar-refractivity contribution >= 4 is 29.1 Å². The molecule has 0 spiro atoms. The van der Waals surface area contributed by atoms with E-state index >= 15 is 0 Å². The highest BCUT2D eigenvalue weighted by Crippen LogP contribution is 2.36. The maximum absolute atomic E-state index is 11.4. The van der Waals surface area contributed by atoms with E-state index in [9.17, 15) is 9.59 Å². The van der Waals surface area contributed by atoms with Crippen molar-refractivity contribution in [2.24, 2.45) is 0 Å². The van der Waals surface area contributed by atoms with Crippen LogP contribution in [0.4, 0.5) is 5.69 Å². The largest absolute Gasteiger partial charge is 0.356 e. The number of rotatable bonds is 3. The molecule has 1 aliphatic rings. The summed E-state index contributed by atoms with van der Waals surface area (Å²) in [4.78, 5) is 23.2. The summed E-state index contributed by atoms with van der Waals surface area (Å²) < 4.78 is 0. The van der Waals surface area contributed by atoms with Crippen molar-refractivity contribution in [3.05, 3.63) is 24.3 Å². The van der Waals surface area contributed by atoms with Gasteiger partial charge in [0.2, 0.25) is 5.91 Å². The maximum atomic E-state index is 11.4. The van der Waals surface area contributed by atoms with E-state index in [1.807, 2.05) is 24.3 Å². The second kappa shape index (κ2) is 4.57. The number of hydrogen-bond acceptors (Lipinski definition) is 4. The summed E-state index contributed by atoms with van der Waals surface area (Å²) >= 11 is 1.54. The molecule has 1 atom stereocenters. The summed E-state index contributed by atoms with van der Waals surface area (Å²) in [7, 11) is 0. The Balaban J connectivity index is 1.92. The minimum Gasteiger partial charge on any atom is -0.356 e. The maximum Gasteiger partial charge on any atom is 0.229 e. The Morgan fingerprint density at radius 3 is 2.88 bits per heavy atom. The first-order valence-corrected chi connectivity index (χ1v) is 5.84. The van der Waals surface area contributed by atoms with Crippen molar-refractivity contribution in [2.45, 2.75) is 23.7 Å². The molecule has 0 radical (unpaired) electrons. The van der Waals surface area contributed by atoms with E-state index in [2.05, 4.69) is 10.6 Å². The van der Waals surface area contributed by atoms with Crippen molar-refractivity contribution in [3.63, 3.8) is 0 Å². The third kappa shape index (κ3) is 2.55. The number of Topliss-reactive ketones (excluding diaryl/α,β-unsaturated/α-hetero) is 1. The predicted octanol–water partition coefficient (Wildman–Crippen LogP) is 1.58. The Morgan fingerprint density at radius 1 is 1.44 bits per heavy atom. The second-order valence-corrected chi connectivity index (χ2v) is 4.73. The molecule has 1 unspecified atom stereocenters. The van der Waals surface area contributed by atoms with Crippen molar-refractivity contribution in [2.75, 3.05) is 5.32 Å². The van der Waals surface area contributed by atoms with Crippen LogP contribution in [0.1, 0.15) is 13.3 Å². The van der Waals surface area contributed by atoms with Crippen LogP contribution < -0.4 is 10.6 Å². The summed E-state index contributed by atoms with van der Waals surface area (Å²) in [5.41, 5.74) is 0.838. The fourth-order valence-corrected chi connectivity index (χ4v) is 2.52. The smallest absolute Gasteiger partial charge is 0.229 e. The monoisotopic (exact) mass is 236 g/mol. The lowest BCUT2D eigenvalue weighted by atomic mass is 10.3. The van der Waals surface area contributed by atoms with Gasteiger partial charge in [-0.3, -0.25) is 9.59 Å². The number of fused-ring (bicyclic) bond motifs is 1. The van der Waals surface area contributed by atoms with Gasteiger partial charge in [-0.2, -0.15) is 0 Å². The molecule has 0 fully saturated rings. The number of ketones is 1. The lowest BCUT2D eigenvalue weighted by Crippen LogP contribution is -2.36. The van der Waals surface area contributed by atoms with E-state index in [4.69, 9.17) is 0 Å². The minimum atomic E-state index is -0.245. The molecule has 1 aromatic rings. The number of benzene rings is 1. The van der Waals surface area contributed by atoms with Crippen LogP contribution in [0.5, 0.6) is 0 Å². The summed E-state index contributed by atoms with van der Waals surface area (Å²) in [6, 6.07) is 7.84. The lowest BCUT2D eigenvalue weighted by molar-refractivity contribution is -0.127. The van der Waals surface area contributed by atoms with Crippen molar-refractivity contribution < 1.29 is 9.59 Å². The Hall–Kier alpha value is -1.49. The Kier molecular flexibility index (Phi) is 3.14. The van der Waals surface area contributed by atoms with Crippen molar-refractivity contribution in [1.29, 1.82) is 0 Å². The lowest BCUT2D eigenvalue weighted by Gasteiger charge is -2.11. The molecule has 1 aromatic carbocycles. The molecule has 2 N–H and O–H groups in total. The summed E-state index contributed by atoms with van der Waals surface area (Å²) in [5.74, 6) is -0.372. The average Bonchev–Trinajstić information content (AvgIpc) is 2.57. The first kappa shape index (κ1) is 11.0. The average molecular weight is 236 g/mol. The van der Waals surface area contributed by atoms with Gasteiger partial charge < -0.3 is 10.6 Å². The Morgan fingerprint density at radius 2 is 2.19 bits per heavy atom. The molecular formula is C11H12N2O2S. The first-order valence-electron chi connectivity index (χ1n) is 4.96. The minimum absolute atomic E-state index is 0.0604. The molecule has 4 nitrogen and oxygen atoms in total. The van der Waals surface area contributed by atoms with E-state index in [0.29, 0.717) is 0 Å². The van der Waals surface area contributed by atoms with Gasteiger partial charge in [0.1, 0.15) is 5.78 Å². The van der Waals surface area contributed by atoms with E-state index in [1.54, 1.807) is 0 Å². The zero-order valence-electron chi connectivity index (χ0n) is 8.82. The third-order valence-corrected chi connectivity index (χ3v) is 3.20. The topological polar surface area (TPSA) is 58.2 Å². The number of carbonyl (C=O) groups is 2. The highest BCUT2D eigenvalue weighted by atomic mass is 32.2. The quantitative estimate of drug-likeness (QED) is 0.782. The van der Waals surface area contributed by atoms with Crippen molar-refractivity contribution in [3.8, 4) is 0 Å². The molecule has 0 saturated heterocycles. The molecule has 1 amide bonds. The third-order valence-electron chi connectivity index (χ3n) is 2.12. The van der Waals surface area contributed by atoms with E-state index in [1.165, 1.54) is 18.7 Å². The van der Waals surface area contributed by atoms with Crippen LogP contribution in [0.2, 0.25) is 0 Å². The Labute approximate surface area is 97.8 Å². The predicted molar refractivity (Wildman–Crippen MR) is 63.2 cm³/mol. The molecule has 5 heteroatoms. The van der Waals surface area contributed by atoms with Gasteiger partial charge in [-0.05, 0) is 19.1 Å². The van der Waals surface area contributed by atoms with Crippen LogP contribution in [0.25, 0.3) is 0 Å². The van der Waals surface area contributed by atoms with Crippen LogP contribution in [0.3, 0.4) is 0 Å². The molecule has 84 valence electrons. The summed E-state index contributed by atoms with van der Waals surface area (Å²) in [5, 5.41) is 5.91. The van der Waals surface area contributed by atoms with Crippen LogP contribution in [0.15, 0.2) is 29.2 Å². The number of carbonyl (C=O) groups excluding carboxylic acids is 2. The highest BCUT2D eigenvalue weighted by molar-refractivity contribution is 8.00. The molecule has 1 aliphatic heterocycles. The van der Waals surface area contributed by atoms with Gasteiger partial charge in [-0.25, -0.2) is 0 Å². The van der Waals surface area contributed by atoms with Gasteiger partial charge in [0.15, 0.2) is 5.50 Å². The van der Waals surface area contributed by atoms with Gasteiger partial charge in [0.05, 0.1) is 12.1 Å². The molecule has 0 aromatic heterocycles. The molecular weight excluding hydrogens is 224 g/mol. The standard InChI is InChI=1S/C11H12N2O2S/c1-7(14)6-10(15)13-11-12-8-4-2-3-5-9(8)16-11/h2-5,11-12H,6H2,1H3,(H,13,15). The highest BCUT2D eigenvalue weighted by Gasteiger charge is 2.22. The number of hydrogen-bond donors (Lipinski definition) is 2. The Bertz CT molecular complexity index is 409. The summed E-state index contributed by atoms with van der Waals surface area (Å²) in [6.45, 7) is 1.41. The second-order valence-electron chi connectivity index (χ2n) is 3.58. The van der Waals surface area contributed by atoms with Crippen molar-refractivity contribution in [1.82, 2.24) is 5.32 Å². The van der Waals surface area contributed by atoms with E-state index < -0.39 is 0 Å². The summed E-state index contributed by atoms with van der Waals surface area (Å²) in [6.07, 6.45) is -0.0604. The van der Waals surface area contributed by atoms with Crippen LogP contribution >= 0.6 is 11.8 Å². The van der Waals surface area contributed by atoms with E-state index in [-0.39, 0.29) is 23.6 Å². The van der Waals surface area contributed by atoms with E-state index in [0.717, 1.165) is 10.6 Å². The number of para-hydroxylation sites is 1.